The Hall–Kier alpha value is -1.89. The van der Waals surface area contributed by atoms with Gasteiger partial charge in [0.05, 0.1) is 5.41 Å². The summed E-state index contributed by atoms with van der Waals surface area (Å²) < 4.78 is 5.78. The van der Waals surface area contributed by atoms with Gasteiger partial charge in [-0.3, -0.25) is 14.5 Å². The molecule has 7 nitrogen and oxygen atoms in total. The maximum absolute atomic E-state index is 12.4. The number of urea groups is 1. The number of carboxylic acid groups (broad SMARTS) is 1. The lowest BCUT2D eigenvalue weighted by Crippen LogP contribution is -2.36. The van der Waals surface area contributed by atoms with Gasteiger partial charge in [-0.15, -0.1) is 6.58 Å². The van der Waals surface area contributed by atoms with E-state index in [4.69, 9.17) is 4.74 Å². The molecule has 190 valence electrons. The fourth-order valence-electron chi connectivity index (χ4n) is 4.71. The van der Waals surface area contributed by atoms with E-state index < -0.39 is 11.4 Å². The van der Waals surface area contributed by atoms with Crippen molar-refractivity contribution in [3.63, 3.8) is 0 Å². The zero-order valence-corrected chi connectivity index (χ0v) is 21.4. The lowest BCUT2D eigenvalue weighted by molar-refractivity contribution is -0.146. The van der Waals surface area contributed by atoms with Gasteiger partial charge >= 0.3 is 12.0 Å². The Morgan fingerprint density at radius 3 is 2.06 bits per heavy atom. The molecule has 0 aliphatic carbocycles. The first kappa shape index (κ1) is 29.1. The van der Waals surface area contributed by atoms with Gasteiger partial charge in [-0.1, -0.05) is 46.1 Å². The average Bonchev–Trinajstić information content (AvgIpc) is 3.10. The number of carboxylic acids is 1. The molecule has 1 unspecified atom stereocenters. The van der Waals surface area contributed by atoms with Gasteiger partial charge in [-0.2, -0.15) is 0 Å². The SMILES string of the molecule is C=CC(CC)(CCCCOCCCCC(CC)(CC)CCN1C(=O)CN(CC)C1=O)C(=O)O. The van der Waals surface area contributed by atoms with Crippen molar-refractivity contribution < 1.29 is 24.2 Å². The topological polar surface area (TPSA) is 87.2 Å². The van der Waals surface area contributed by atoms with Crippen LogP contribution in [0.2, 0.25) is 0 Å². The summed E-state index contributed by atoms with van der Waals surface area (Å²) in [4.78, 5) is 39.1. The van der Waals surface area contributed by atoms with Crippen LogP contribution in [0.15, 0.2) is 12.7 Å². The number of unbranched alkanes of at least 4 members (excludes halogenated alkanes) is 2. The number of hydrogen-bond donors (Lipinski definition) is 1. The Bertz CT molecular complexity index is 647. The molecule has 33 heavy (non-hydrogen) atoms. The number of rotatable bonds is 19. The van der Waals surface area contributed by atoms with Gasteiger partial charge in [-0.05, 0) is 57.3 Å². The van der Waals surface area contributed by atoms with Gasteiger partial charge in [0.2, 0.25) is 5.91 Å². The van der Waals surface area contributed by atoms with E-state index in [0.717, 1.165) is 51.4 Å². The van der Waals surface area contributed by atoms with Crippen molar-refractivity contribution in [2.45, 2.75) is 91.9 Å². The first-order valence-electron chi connectivity index (χ1n) is 12.8. The van der Waals surface area contributed by atoms with E-state index in [1.807, 2.05) is 13.8 Å². The van der Waals surface area contributed by atoms with Crippen molar-refractivity contribution in [2.75, 3.05) is 32.8 Å². The molecule has 1 saturated heterocycles. The Kier molecular flexibility index (Phi) is 12.7. The molecular formula is C26H46N2O5. The molecule has 0 bridgehead atoms. The highest BCUT2D eigenvalue weighted by Crippen LogP contribution is 2.37. The highest BCUT2D eigenvalue weighted by Gasteiger charge is 2.36. The van der Waals surface area contributed by atoms with E-state index in [9.17, 15) is 19.5 Å². The molecule has 1 N–H and O–H groups in total. The van der Waals surface area contributed by atoms with Crippen LogP contribution in [0.3, 0.4) is 0 Å². The standard InChI is InChI=1S/C26H46N2O5/c1-6-25(7-2,17-18-28-22(29)21-27(10-5)24(28)32)15-11-13-19-33-20-14-12-16-26(8-3,9-4)23(30)31/h8H,3,6-7,9-21H2,1-2,4-5H3,(H,30,31). The summed E-state index contributed by atoms with van der Waals surface area (Å²) in [7, 11) is 0. The van der Waals surface area contributed by atoms with E-state index in [-0.39, 0.29) is 23.9 Å². The van der Waals surface area contributed by atoms with Crippen molar-refractivity contribution in [1.82, 2.24) is 9.80 Å². The summed E-state index contributed by atoms with van der Waals surface area (Å²) in [5.41, 5.74) is -0.673. The van der Waals surface area contributed by atoms with Crippen LogP contribution < -0.4 is 0 Å². The van der Waals surface area contributed by atoms with Crippen LogP contribution in [-0.2, 0) is 14.3 Å². The van der Waals surface area contributed by atoms with E-state index in [0.29, 0.717) is 39.1 Å². The van der Waals surface area contributed by atoms with Gasteiger partial charge in [0.1, 0.15) is 6.54 Å². The number of imide groups is 1. The highest BCUT2D eigenvalue weighted by molar-refractivity contribution is 6.01. The van der Waals surface area contributed by atoms with E-state index in [2.05, 4.69) is 20.4 Å². The molecule has 1 fully saturated rings. The molecule has 7 heteroatoms. The Balaban J connectivity index is 2.30. The lowest BCUT2D eigenvalue weighted by Gasteiger charge is -2.33. The minimum absolute atomic E-state index is 0.0796. The lowest BCUT2D eigenvalue weighted by atomic mass is 9.75. The quantitative estimate of drug-likeness (QED) is 0.154. The Morgan fingerprint density at radius 1 is 1.00 bits per heavy atom. The molecule has 0 saturated carbocycles. The minimum Gasteiger partial charge on any atom is -0.481 e. The number of amides is 3. The summed E-state index contributed by atoms with van der Waals surface area (Å²) in [6, 6.07) is -0.148. The largest absolute Gasteiger partial charge is 0.481 e. The Morgan fingerprint density at radius 2 is 1.61 bits per heavy atom. The maximum Gasteiger partial charge on any atom is 0.327 e. The zero-order chi connectivity index (χ0) is 24.9. The van der Waals surface area contributed by atoms with Gasteiger partial charge in [-0.25, -0.2) is 4.79 Å². The van der Waals surface area contributed by atoms with Gasteiger partial charge in [0.25, 0.3) is 0 Å². The van der Waals surface area contributed by atoms with Crippen LogP contribution >= 0.6 is 0 Å². The number of hydrogen-bond acceptors (Lipinski definition) is 4. The zero-order valence-electron chi connectivity index (χ0n) is 21.4. The molecule has 1 heterocycles. The molecule has 3 amide bonds. The fraction of sp³-hybridized carbons (Fsp3) is 0.808. The van der Waals surface area contributed by atoms with Crippen molar-refractivity contribution in [2.24, 2.45) is 10.8 Å². The van der Waals surface area contributed by atoms with Crippen molar-refractivity contribution in [3.05, 3.63) is 12.7 Å². The molecular weight excluding hydrogens is 420 g/mol. The summed E-state index contributed by atoms with van der Waals surface area (Å²) >= 11 is 0. The molecule has 1 aliphatic rings. The minimum atomic E-state index is -0.817. The number of likely N-dealkylation sites (N-methyl/N-ethyl adjacent to an activating group) is 1. The number of ether oxygens (including phenoxy) is 1. The van der Waals surface area contributed by atoms with Crippen LogP contribution in [0, 0.1) is 10.8 Å². The third-order valence-corrected chi connectivity index (χ3v) is 7.73. The van der Waals surface area contributed by atoms with Crippen LogP contribution in [-0.4, -0.2) is 65.7 Å². The molecule has 0 aromatic rings. The number of aliphatic carboxylic acids is 1. The third-order valence-electron chi connectivity index (χ3n) is 7.73. The van der Waals surface area contributed by atoms with E-state index in [1.54, 1.807) is 11.0 Å². The summed E-state index contributed by atoms with van der Waals surface area (Å²) in [6.45, 7) is 14.5. The van der Waals surface area contributed by atoms with Crippen molar-refractivity contribution >= 4 is 17.9 Å². The van der Waals surface area contributed by atoms with Crippen LogP contribution in [0.25, 0.3) is 0 Å². The summed E-state index contributed by atoms with van der Waals surface area (Å²) in [5, 5.41) is 9.44. The number of carbonyl (C=O) groups excluding carboxylic acids is 2. The van der Waals surface area contributed by atoms with Crippen LogP contribution in [0.1, 0.15) is 91.9 Å². The van der Waals surface area contributed by atoms with E-state index >= 15 is 0 Å². The van der Waals surface area contributed by atoms with Crippen molar-refractivity contribution in [3.8, 4) is 0 Å². The van der Waals surface area contributed by atoms with Gasteiger partial charge in [0.15, 0.2) is 0 Å². The first-order chi connectivity index (χ1) is 15.7. The number of nitrogens with zero attached hydrogens (tertiary/aromatic N) is 2. The summed E-state index contributed by atoms with van der Waals surface area (Å²) in [5.74, 6) is -0.874. The second-order valence-electron chi connectivity index (χ2n) is 9.34. The highest BCUT2D eigenvalue weighted by atomic mass is 16.5. The molecule has 0 aromatic heterocycles. The predicted molar refractivity (Wildman–Crippen MR) is 131 cm³/mol. The van der Waals surface area contributed by atoms with Crippen molar-refractivity contribution in [1.29, 1.82) is 0 Å². The normalized spacial score (nSPS) is 16.4. The van der Waals surface area contributed by atoms with Gasteiger partial charge < -0.3 is 14.7 Å². The van der Waals surface area contributed by atoms with Gasteiger partial charge in [0, 0.05) is 26.3 Å². The smallest absolute Gasteiger partial charge is 0.327 e. The van der Waals surface area contributed by atoms with Crippen LogP contribution in [0.5, 0.6) is 0 Å². The molecule has 1 rings (SSSR count). The average molecular weight is 467 g/mol. The molecule has 0 aromatic carbocycles. The molecule has 0 radical (unpaired) electrons. The first-order valence-corrected chi connectivity index (χ1v) is 12.8. The monoisotopic (exact) mass is 466 g/mol. The predicted octanol–water partition coefficient (Wildman–Crippen LogP) is 5.49. The Labute approximate surface area is 200 Å². The summed E-state index contributed by atoms with van der Waals surface area (Å²) in [6.07, 6.45) is 10.4. The maximum atomic E-state index is 12.4. The fourth-order valence-corrected chi connectivity index (χ4v) is 4.71. The third kappa shape index (κ3) is 8.13. The number of carbonyl (C=O) groups is 3. The molecule has 0 spiro atoms. The second kappa shape index (κ2) is 14.4. The second-order valence-corrected chi connectivity index (χ2v) is 9.34. The van der Waals surface area contributed by atoms with Crippen LogP contribution in [0.4, 0.5) is 4.79 Å². The molecule has 1 aliphatic heterocycles. The molecule has 1 atom stereocenters. The van der Waals surface area contributed by atoms with E-state index in [1.165, 1.54) is 4.90 Å².